The van der Waals surface area contributed by atoms with Crippen LogP contribution in [0.15, 0.2) is 36.4 Å². The minimum atomic E-state index is -0.290. The van der Waals surface area contributed by atoms with E-state index in [4.69, 9.17) is 17.4 Å². The molecule has 0 amide bonds. The van der Waals surface area contributed by atoms with Gasteiger partial charge in [-0.25, -0.2) is 9.82 Å². The molecule has 0 saturated heterocycles. The lowest BCUT2D eigenvalue weighted by molar-refractivity contribution is 0.601. The van der Waals surface area contributed by atoms with Crippen LogP contribution < -0.4 is 11.3 Å². The molecule has 0 aromatic heterocycles. The minimum absolute atomic E-state index is 0.280. The maximum absolute atomic E-state index is 13.4. The van der Waals surface area contributed by atoms with Crippen molar-refractivity contribution in [2.24, 2.45) is 5.84 Å². The Kier molecular flexibility index (Phi) is 4.78. The lowest BCUT2D eigenvalue weighted by Gasteiger charge is -2.20. The van der Waals surface area contributed by atoms with Crippen LogP contribution in [-0.4, -0.2) is 0 Å². The zero-order chi connectivity index (χ0) is 14.0. The second kappa shape index (κ2) is 6.17. The van der Waals surface area contributed by atoms with Crippen molar-refractivity contribution in [3.8, 4) is 0 Å². The summed E-state index contributed by atoms with van der Waals surface area (Å²) < 4.78 is 14.5. The van der Waals surface area contributed by atoms with E-state index in [0.717, 1.165) is 20.3 Å². The van der Waals surface area contributed by atoms with E-state index in [0.29, 0.717) is 5.02 Å². The zero-order valence-electron chi connectivity index (χ0n) is 10.3. The summed E-state index contributed by atoms with van der Waals surface area (Å²) in [5, 5.41) is 0.629. The Morgan fingerprint density at radius 1 is 1.21 bits per heavy atom. The third-order valence-corrected chi connectivity index (χ3v) is 4.21. The fourth-order valence-electron chi connectivity index (χ4n) is 2.01. The first kappa shape index (κ1) is 14.7. The first-order valence-corrected chi connectivity index (χ1v) is 7.15. The van der Waals surface area contributed by atoms with Crippen LogP contribution in [0.3, 0.4) is 0 Å². The van der Waals surface area contributed by atoms with Gasteiger partial charge in [-0.2, -0.15) is 0 Å². The summed E-state index contributed by atoms with van der Waals surface area (Å²) in [6, 6.07) is 9.97. The second-order valence-electron chi connectivity index (χ2n) is 4.27. The van der Waals surface area contributed by atoms with Gasteiger partial charge >= 0.3 is 0 Å². The molecular weight excluding hydrogens is 378 g/mol. The molecule has 2 aromatic carbocycles. The smallest absolute Gasteiger partial charge is 0.123 e. The highest BCUT2D eigenvalue weighted by Gasteiger charge is 2.18. The maximum Gasteiger partial charge on any atom is 0.123 e. The number of halogens is 3. The molecule has 0 spiro atoms. The van der Waals surface area contributed by atoms with Crippen LogP contribution in [0.5, 0.6) is 0 Å². The largest absolute Gasteiger partial charge is 0.271 e. The summed E-state index contributed by atoms with van der Waals surface area (Å²) in [4.78, 5) is 0. The Labute approximate surface area is 130 Å². The summed E-state index contributed by atoms with van der Waals surface area (Å²) in [5.41, 5.74) is 5.46. The van der Waals surface area contributed by atoms with E-state index in [9.17, 15) is 4.39 Å². The molecule has 2 aromatic rings. The highest BCUT2D eigenvalue weighted by Crippen LogP contribution is 2.30. The number of hydrazine groups is 1. The van der Waals surface area contributed by atoms with Crippen LogP contribution in [0.4, 0.5) is 4.39 Å². The average Bonchev–Trinajstić information content (AvgIpc) is 2.38. The first-order chi connectivity index (χ1) is 9.02. The Hall–Kier alpha value is -0.690. The molecule has 2 nitrogen and oxygen atoms in total. The molecule has 1 unspecified atom stereocenters. The van der Waals surface area contributed by atoms with Crippen molar-refractivity contribution in [1.29, 1.82) is 0 Å². The van der Waals surface area contributed by atoms with Crippen LogP contribution in [0.25, 0.3) is 0 Å². The van der Waals surface area contributed by atoms with E-state index in [1.165, 1.54) is 12.1 Å². The molecule has 19 heavy (non-hydrogen) atoms. The summed E-state index contributed by atoms with van der Waals surface area (Å²) in [6.07, 6.45) is 0. The molecule has 0 aliphatic rings. The fraction of sp³-hybridized carbons (Fsp3) is 0.143. The van der Waals surface area contributed by atoms with Crippen molar-refractivity contribution in [2.75, 3.05) is 0 Å². The van der Waals surface area contributed by atoms with E-state index in [1.807, 2.05) is 25.1 Å². The summed E-state index contributed by atoms with van der Waals surface area (Å²) in [5.74, 6) is 5.38. The maximum atomic E-state index is 13.4. The summed E-state index contributed by atoms with van der Waals surface area (Å²) in [6.45, 7) is 1.93. The quantitative estimate of drug-likeness (QED) is 0.473. The predicted molar refractivity (Wildman–Crippen MR) is 84.5 cm³/mol. The fourth-order valence-corrected chi connectivity index (χ4v) is 2.83. The van der Waals surface area contributed by atoms with Gasteiger partial charge in [-0.05, 0) is 76.5 Å². The molecule has 0 bridgehead atoms. The van der Waals surface area contributed by atoms with E-state index in [2.05, 4.69) is 28.0 Å². The molecule has 0 fully saturated rings. The highest BCUT2D eigenvalue weighted by molar-refractivity contribution is 14.1. The molecule has 3 N–H and O–H groups in total. The summed E-state index contributed by atoms with van der Waals surface area (Å²) in [7, 11) is 0. The second-order valence-corrected chi connectivity index (χ2v) is 5.87. The zero-order valence-corrected chi connectivity index (χ0v) is 13.2. The normalized spacial score (nSPS) is 12.5. The van der Waals surface area contributed by atoms with Crippen LogP contribution >= 0.6 is 34.2 Å². The molecule has 0 heterocycles. The van der Waals surface area contributed by atoms with Gasteiger partial charge in [0.1, 0.15) is 5.82 Å². The van der Waals surface area contributed by atoms with Crippen molar-refractivity contribution in [2.45, 2.75) is 13.0 Å². The third-order valence-electron chi connectivity index (χ3n) is 2.99. The number of hydrogen-bond donors (Lipinski definition) is 2. The van der Waals surface area contributed by atoms with Gasteiger partial charge in [0.15, 0.2) is 0 Å². The van der Waals surface area contributed by atoms with Crippen LogP contribution in [0.1, 0.15) is 22.7 Å². The van der Waals surface area contributed by atoms with E-state index >= 15 is 0 Å². The molecular formula is C14H13ClFIN2. The SMILES string of the molecule is Cc1ccc(F)cc1C(NN)c1cc(Cl)ccc1I. The van der Waals surface area contributed by atoms with Crippen molar-refractivity contribution in [1.82, 2.24) is 5.43 Å². The average molecular weight is 391 g/mol. The molecule has 0 radical (unpaired) electrons. The molecule has 0 saturated carbocycles. The Balaban J connectivity index is 2.55. The standard InChI is InChI=1S/C14H13ClFIN2/c1-8-2-4-10(16)7-11(8)14(19-18)12-6-9(15)3-5-13(12)17/h2-7,14,19H,18H2,1H3. The first-order valence-electron chi connectivity index (χ1n) is 5.70. The van der Waals surface area contributed by atoms with Crippen molar-refractivity contribution in [3.63, 3.8) is 0 Å². The molecule has 2 rings (SSSR count). The van der Waals surface area contributed by atoms with Crippen molar-refractivity contribution >= 4 is 34.2 Å². The lowest BCUT2D eigenvalue weighted by Crippen LogP contribution is -2.30. The minimum Gasteiger partial charge on any atom is -0.271 e. The Bertz CT molecular complexity index is 552. The van der Waals surface area contributed by atoms with Crippen LogP contribution in [-0.2, 0) is 0 Å². The third kappa shape index (κ3) is 3.25. The molecule has 0 aliphatic heterocycles. The lowest BCUT2D eigenvalue weighted by atomic mass is 9.95. The number of hydrogen-bond acceptors (Lipinski definition) is 2. The predicted octanol–water partition coefficient (Wildman–Crippen LogP) is 3.94. The molecule has 1 atom stereocenters. The number of benzene rings is 2. The van der Waals surface area contributed by atoms with Crippen LogP contribution in [0.2, 0.25) is 5.02 Å². The molecule has 100 valence electrons. The topological polar surface area (TPSA) is 38.0 Å². The van der Waals surface area contributed by atoms with Gasteiger partial charge in [0.25, 0.3) is 0 Å². The molecule has 5 heteroatoms. The Morgan fingerprint density at radius 3 is 2.63 bits per heavy atom. The van der Waals surface area contributed by atoms with Gasteiger partial charge in [-0.1, -0.05) is 17.7 Å². The van der Waals surface area contributed by atoms with Crippen LogP contribution in [0, 0.1) is 16.3 Å². The van der Waals surface area contributed by atoms with Gasteiger partial charge in [-0.15, -0.1) is 0 Å². The van der Waals surface area contributed by atoms with Crippen molar-refractivity contribution in [3.05, 3.63) is 67.5 Å². The Morgan fingerprint density at radius 2 is 1.95 bits per heavy atom. The van der Waals surface area contributed by atoms with E-state index in [-0.39, 0.29) is 11.9 Å². The highest BCUT2D eigenvalue weighted by atomic mass is 127. The van der Waals surface area contributed by atoms with Gasteiger partial charge in [0.05, 0.1) is 6.04 Å². The molecule has 0 aliphatic carbocycles. The van der Waals surface area contributed by atoms with Gasteiger partial charge in [0, 0.05) is 8.59 Å². The van der Waals surface area contributed by atoms with E-state index < -0.39 is 0 Å². The number of nitrogens with two attached hydrogens (primary N) is 1. The number of aryl methyl sites for hydroxylation is 1. The van der Waals surface area contributed by atoms with Crippen molar-refractivity contribution < 1.29 is 4.39 Å². The van der Waals surface area contributed by atoms with Gasteiger partial charge in [-0.3, -0.25) is 5.84 Å². The van der Waals surface area contributed by atoms with Gasteiger partial charge in [0.2, 0.25) is 0 Å². The summed E-state index contributed by atoms with van der Waals surface area (Å²) >= 11 is 8.25. The van der Waals surface area contributed by atoms with Gasteiger partial charge < -0.3 is 0 Å². The van der Waals surface area contributed by atoms with E-state index in [1.54, 1.807) is 6.07 Å². The number of rotatable bonds is 3. The number of nitrogens with one attached hydrogen (secondary N) is 1. The monoisotopic (exact) mass is 390 g/mol.